The highest BCUT2D eigenvalue weighted by Crippen LogP contribution is 2.08. The molecule has 0 aliphatic heterocycles. The van der Waals surface area contributed by atoms with E-state index in [4.69, 9.17) is 11.6 Å². The van der Waals surface area contributed by atoms with Crippen LogP contribution in [0.15, 0.2) is 9.59 Å². The number of hydrogen-bond donors (Lipinski definition) is 2. The molecule has 0 atom stereocenters. The molecule has 0 aliphatic carbocycles. The molecule has 0 saturated carbocycles. The molecule has 74 valence electrons. The predicted octanol–water partition coefficient (Wildman–Crippen LogP) is 0.0862. The van der Waals surface area contributed by atoms with Crippen molar-refractivity contribution in [1.82, 2.24) is 19.5 Å². The molecule has 0 unspecified atom stereocenters. The van der Waals surface area contributed by atoms with Gasteiger partial charge < -0.3 is 4.98 Å². The summed E-state index contributed by atoms with van der Waals surface area (Å²) >= 11 is 5.60. The van der Waals surface area contributed by atoms with Gasteiger partial charge in [0.25, 0.3) is 5.56 Å². The van der Waals surface area contributed by atoms with E-state index in [-0.39, 0.29) is 16.4 Å². The van der Waals surface area contributed by atoms with Crippen LogP contribution in [-0.4, -0.2) is 19.5 Å². The number of imidazole rings is 1. The quantitative estimate of drug-likeness (QED) is 0.660. The Hall–Kier alpha value is -1.56. The van der Waals surface area contributed by atoms with Crippen LogP contribution in [0.1, 0.15) is 6.92 Å². The van der Waals surface area contributed by atoms with E-state index in [1.165, 1.54) is 4.57 Å². The van der Waals surface area contributed by atoms with Gasteiger partial charge in [0.05, 0.1) is 0 Å². The molecule has 2 heterocycles. The largest absolute Gasteiger partial charge is 0.330 e. The number of nitrogens with one attached hydrogen (secondary N) is 2. The third-order valence-corrected chi connectivity index (χ3v) is 2.10. The number of aromatic amines is 2. The SMILES string of the molecule is CCn1c(=O)[nH]c(=O)c2[nH]c(Cl)nc21. The lowest BCUT2D eigenvalue weighted by atomic mass is 10.5. The van der Waals surface area contributed by atoms with Gasteiger partial charge in [-0.25, -0.2) is 4.79 Å². The van der Waals surface area contributed by atoms with E-state index in [0.717, 1.165) is 0 Å². The zero-order valence-corrected chi connectivity index (χ0v) is 8.05. The molecule has 0 aliphatic rings. The lowest BCUT2D eigenvalue weighted by Gasteiger charge is -1.99. The van der Waals surface area contributed by atoms with Crippen molar-refractivity contribution in [3.8, 4) is 0 Å². The first kappa shape index (κ1) is 9.01. The van der Waals surface area contributed by atoms with E-state index in [9.17, 15) is 9.59 Å². The zero-order valence-electron chi connectivity index (χ0n) is 7.30. The topological polar surface area (TPSA) is 83.5 Å². The number of hydrogen-bond acceptors (Lipinski definition) is 3. The Morgan fingerprint density at radius 2 is 2.14 bits per heavy atom. The summed E-state index contributed by atoms with van der Waals surface area (Å²) in [6.07, 6.45) is 0. The minimum atomic E-state index is -0.505. The molecule has 6 nitrogen and oxygen atoms in total. The summed E-state index contributed by atoms with van der Waals surface area (Å²) < 4.78 is 1.33. The number of nitrogens with zero attached hydrogens (tertiary/aromatic N) is 2. The minimum absolute atomic E-state index is 0.0956. The number of H-pyrrole nitrogens is 2. The first-order valence-electron chi connectivity index (χ1n) is 4.01. The van der Waals surface area contributed by atoms with Crippen LogP contribution in [0.2, 0.25) is 5.28 Å². The van der Waals surface area contributed by atoms with Crippen LogP contribution in [0.3, 0.4) is 0 Å². The summed E-state index contributed by atoms with van der Waals surface area (Å²) in [6, 6.07) is 0. The molecule has 2 aromatic rings. The van der Waals surface area contributed by atoms with E-state index in [1.54, 1.807) is 6.92 Å². The summed E-state index contributed by atoms with van der Waals surface area (Å²) in [5, 5.41) is 0.0956. The molecule has 2 rings (SSSR count). The number of aromatic nitrogens is 4. The maximum Gasteiger partial charge on any atom is 0.330 e. The van der Waals surface area contributed by atoms with Gasteiger partial charge >= 0.3 is 5.69 Å². The van der Waals surface area contributed by atoms with Gasteiger partial charge in [0.15, 0.2) is 11.2 Å². The van der Waals surface area contributed by atoms with Gasteiger partial charge in [-0.1, -0.05) is 0 Å². The summed E-state index contributed by atoms with van der Waals surface area (Å²) in [7, 11) is 0. The maximum absolute atomic E-state index is 11.3. The minimum Gasteiger partial charge on any atom is -0.323 e. The first-order chi connectivity index (χ1) is 6.63. The standard InChI is InChI=1S/C7H7ClN4O2/c1-2-12-4-3(9-6(8)10-4)5(13)11-7(12)14/h2H2,1H3,(H,9,10)(H,11,13,14). The molecule has 0 aromatic carbocycles. The van der Waals surface area contributed by atoms with Crippen molar-refractivity contribution in [1.29, 1.82) is 0 Å². The monoisotopic (exact) mass is 214 g/mol. The Morgan fingerprint density at radius 3 is 2.79 bits per heavy atom. The second kappa shape index (κ2) is 2.98. The van der Waals surface area contributed by atoms with Crippen LogP contribution in [0, 0.1) is 0 Å². The van der Waals surface area contributed by atoms with Crippen LogP contribution in [-0.2, 0) is 6.54 Å². The molecule has 0 amide bonds. The molecular weight excluding hydrogens is 208 g/mol. The molecule has 0 fully saturated rings. The third kappa shape index (κ3) is 1.15. The van der Waals surface area contributed by atoms with Crippen molar-refractivity contribution in [2.24, 2.45) is 0 Å². The first-order valence-corrected chi connectivity index (χ1v) is 4.39. The summed E-state index contributed by atoms with van der Waals surface area (Å²) in [4.78, 5) is 31.2. The van der Waals surface area contributed by atoms with Gasteiger partial charge in [0.2, 0.25) is 5.28 Å². The summed E-state index contributed by atoms with van der Waals surface area (Å²) in [5.74, 6) is 0. The number of rotatable bonds is 1. The highest BCUT2D eigenvalue weighted by Gasteiger charge is 2.10. The molecular formula is C7H7ClN4O2. The van der Waals surface area contributed by atoms with Gasteiger partial charge in [-0.3, -0.25) is 14.3 Å². The van der Waals surface area contributed by atoms with Gasteiger partial charge in [-0.15, -0.1) is 0 Å². The van der Waals surface area contributed by atoms with Crippen molar-refractivity contribution in [2.45, 2.75) is 13.5 Å². The van der Waals surface area contributed by atoms with Crippen molar-refractivity contribution in [3.05, 3.63) is 26.1 Å². The fourth-order valence-corrected chi connectivity index (χ4v) is 1.48. The summed E-state index contributed by atoms with van der Waals surface area (Å²) in [5.41, 5.74) is -0.482. The van der Waals surface area contributed by atoms with Gasteiger partial charge in [-0.2, -0.15) is 4.98 Å². The normalized spacial score (nSPS) is 11.0. The Bertz CT molecular complexity index is 594. The average Bonchev–Trinajstić information content (AvgIpc) is 2.48. The van der Waals surface area contributed by atoms with Crippen LogP contribution in [0.4, 0.5) is 0 Å². The molecule has 0 spiro atoms. The van der Waals surface area contributed by atoms with E-state index in [0.29, 0.717) is 6.54 Å². The Balaban J connectivity index is 3.05. The maximum atomic E-state index is 11.3. The van der Waals surface area contributed by atoms with E-state index < -0.39 is 11.2 Å². The Kier molecular flexibility index (Phi) is 1.92. The molecule has 14 heavy (non-hydrogen) atoms. The molecule has 0 radical (unpaired) electrons. The van der Waals surface area contributed by atoms with Crippen molar-refractivity contribution < 1.29 is 0 Å². The van der Waals surface area contributed by atoms with E-state index >= 15 is 0 Å². The fraction of sp³-hybridized carbons (Fsp3) is 0.286. The fourth-order valence-electron chi connectivity index (χ4n) is 1.31. The smallest absolute Gasteiger partial charge is 0.323 e. The predicted molar refractivity (Wildman–Crippen MR) is 51.7 cm³/mol. The van der Waals surface area contributed by atoms with E-state index in [1.807, 2.05) is 0 Å². The lowest BCUT2D eigenvalue weighted by Crippen LogP contribution is -2.29. The molecule has 2 aromatic heterocycles. The number of aryl methyl sites for hydroxylation is 1. The lowest BCUT2D eigenvalue weighted by molar-refractivity contribution is 0.720. The molecule has 0 bridgehead atoms. The average molecular weight is 215 g/mol. The highest BCUT2D eigenvalue weighted by atomic mass is 35.5. The van der Waals surface area contributed by atoms with Crippen LogP contribution in [0.25, 0.3) is 11.2 Å². The van der Waals surface area contributed by atoms with Crippen LogP contribution in [0.5, 0.6) is 0 Å². The van der Waals surface area contributed by atoms with Gasteiger partial charge in [-0.05, 0) is 18.5 Å². The molecule has 2 N–H and O–H groups in total. The second-order valence-corrected chi connectivity index (χ2v) is 3.09. The highest BCUT2D eigenvalue weighted by molar-refractivity contribution is 6.28. The van der Waals surface area contributed by atoms with E-state index in [2.05, 4.69) is 15.0 Å². The zero-order chi connectivity index (χ0) is 10.3. The van der Waals surface area contributed by atoms with Gasteiger partial charge in [0, 0.05) is 6.54 Å². The van der Waals surface area contributed by atoms with Crippen LogP contribution >= 0.6 is 11.6 Å². The van der Waals surface area contributed by atoms with Gasteiger partial charge in [0.1, 0.15) is 0 Å². The van der Waals surface area contributed by atoms with Crippen LogP contribution < -0.4 is 11.2 Å². The van der Waals surface area contributed by atoms with Crippen molar-refractivity contribution >= 4 is 22.8 Å². The van der Waals surface area contributed by atoms with Crippen molar-refractivity contribution in [3.63, 3.8) is 0 Å². The Labute approximate surface area is 82.5 Å². The molecule has 7 heteroatoms. The Morgan fingerprint density at radius 1 is 1.43 bits per heavy atom. The number of fused-ring (bicyclic) bond motifs is 1. The molecule has 0 saturated heterocycles. The van der Waals surface area contributed by atoms with Crippen molar-refractivity contribution in [2.75, 3.05) is 0 Å². The third-order valence-electron chi connectivity index (χ3n) is 1.92. The second-order valence-electron chi connectivity index (χ2n) is 2.73. The number of halogens is 1. The summed E-state index contributed by atoms with van der Waals surface area (Å²) in [6.45, 7) is 2.20.